The normalized spacial score (nSPS) is 12.2. The Morgan fingerprint density at radius 2 is 2.26 bits per heavy atom. The number of anilines is 1. The maximum Gasteiger partial charge on any atom is 0.251 e. The highest BCUT2D eigenvalue weighted by molar-refractivity contribution is 5.94. The number of methoxy groups -OCH3 is 1. The molecule has 1 atom stereocenters. The van der Waals surface area contributed by atoms with Crippen molar-refractivity contribution in [2.24, 2.45) is 5.92 Å². The fourth-order valence-corrected chi connectivity index (χ4v) is 1.84. The van der Waals surface area contributed by atoms with Crippen molar-refractivity contribution in [1.29, 1.82) is 0 Å². The summed E-state index contributed by atoms with van der Waals surface area (Å²) in [6.45, 7) is 5.29. The number of aryl methyl sites for hydroxylation is 1. The molecule has 0 spiro atoms. The number of carbonyl (C=O) groups excluding carboxylic acids is 1. The Kier molecular flexibility index (Phi) is 6.29. The summed E-state index contributed by atoms with van der Waals surface area (Å²) in [5, 5.41) is 2.88. The Morgan fingerprint density at radius 3 is 2.89 bits per heavy atom. The van der Waals surface area contributed by atoms with Gasteiger partial charge in [0.2, 0.25) is 0 Å². The number of hydrogen-bond acceptors (Lipinski definition) is 4. The van der Waals surface area contributed by atoms with E-state index in [0.29, 0.717) is 24.5 Å². The summed E-state index contributed by atoms with van der Waals surface area (Å²) in [7, 11) is 1.65. The number of pyridine rings is 1. The van der Waals surface area contributed by atoms with Crippen molar-refractivity contribution in [3.63, 3.8) is 0 Å². The zero-order valence-corrected chi connectivity index (χ0v) is 11.9. The molecule has 5 nitrogen and oxygen atoms in total. The first-order valence-electron chi connectivity index (χ1n) is 6.60. The number of nitrogens with one attached hydrogen (secondary N) is 1. The minimum absolute atomic E-state index is 0.116. The van der Waals surface area contributed by atoms with Crippen LogP contribution in [-0.4, -0.2) is 31.2 Å². The first-order valence-corrected chi connectivity index (χ1v) is 6.60. The van der Waals surface area contributed by atoms with Crippen LogP contribution < -0.4 is 11.1 Å². The van der Waals surface area contributed by atoms with Gasteiger partial charge >= 0.3 is 0 Å². The Morgan fingerprint density at radius 1 is 1.53 bits per heavy atom. The molecule has 0 bridgehead atoms. The number of carbonyl (C=O) groups is 1. The van der Waals surface area contributed by atoms with Crippen molar-refractivity contribution in [3.05, 3.63) is 23.4 Å². The van der Waals surface area contributed by atoms with Crippen molar-refractivity contribution in [1.82, 2.24) is 10.3 Å². The van der Waals surface area contributed by atoms with Crippen LogP contribution in [0.4, 0.5) is 5.82 Å². The maximum absolute atomic E-state index is 12.0. The Labute approximate surface area is 114 Å². The van der Waals surface area contributed by atoms with Gasteiger partial charge in [0, 0.05) is 24.9 Å². The third kappa shape index (κ3) is 5.26. The van der Waals surface area contributed by atoms with E-state index in [2.05, 4.69) is 17.2 Å². The average molecular weight is 265 g/mol. The van der Waals surface area contributed by atoms with Crippen LogP contribution in [0.1, 0.15) is 36.3 Å². The standard InChI is InChI=1S/C14H23N3O2/c1-4-5-12-6-11(7-13(15)17-12)14(18)16-8-10(2)9-19-3/h6-7,10H,4-5,8-9H2,1-3H3,(H2,15,17)(H,16,18). The van der Waals surface area contributed by atoms with Crippen molar-refractivity contribution < 1.29 is 9.53 Å². The van der Waals surface area contributed by atoms with Crippen LogP contribution in [-0.2, 0) is 11.2 Å². The van der Waals surface area contributed by atoms with Crippen LogP contribution in [0.25, 0.3) is 0 Å². The molecule has 106 valence electrons. The van der Waals surface area contributed by atoms with E-state index < -0.39 is 0 Å². The molecule has 1 amide bonds. The van der Waals surface area contributed by atoms with E-state index in [-0.39, 0.29) is 11.8 Å². The molecule has 1 unspecified atom stereocenters. The number of amides is 1. The zero-order chi connectivity index (χ0) is 14.3. The van der Waals surface area contributed by atoms with Crippen molar-refractivity contribution >= 4 is 11.7 Å². The summed E-state index contributed by atoms with van der Waals surface area (Å²) in [5.74, 6) is 0.554. The van der Waals surface area contributed by atoms with E-state index >= 15 is 0 Å². The monoisotopic (exact) mass is 265 g/mol. The van der Waals surface area contributed by atoms with Gasteiger partial charge in [-0.15, -0.1) is 0 Å². The van der Waals surface area contributed by atoms with Crippen molar-refractivity contribution in [3.8, 4) is 0 Å². The van der Waals surface area contributed by atoms with Gasteiger partial charge in [-0.25, -0.2) is 4.98 Å². The van der Waals surface area contributed by atoms with Crippen LogP contribution >= 0.6 is 0 Å². The second-order valence-corrected chi connectivity index (χ2v) is 4.79. The van der Waals surface area contributed by atoms with Gasteiger partial charge in [-0.3, -0.25) is 4.79 Å². The quantitative estimate of drug-likeness (QED) is 0.785. The molecule has 1 aromatic heterocycles. The second-order valence-electron chi connectivity index (χ2n) is 4.79. The number of hydrogen-bond donors (Lipinski definition) is 2. The molecule has 0 aliphatic heterocycles. The second kappa shape index (κ2) is 7.74. The lowest BCUT2D eigenvalue weighted by molar-refractivity contribution is 0.0934. The average Bonchev–Trinajstić information content (AvgIpc) is 2.36. The topological polar surface area (TPSA) is 77.2 Å². The highest BCUT2D eigenvalue weighted by Crippen LogP contribution is 2.09. The van der Waals surface area contributed by atoms with Gasteiger partial charge in [0.25, 0.3) is 5.91 Å². The first-order chi connectivity index (χ1) is 9.06. The molecule has 0 fully saturated rings. The Bertz CT molecular complexity index is 421. The number of nitrogen functional groups attached to an aromatic ring is 1. The fraction of sp³-hybridized carbons (Fsp3) is 0.571. The molecule has 0 aliphatic rings. The van der Waals surface area contributed by atoms with E-state index in [1.54, 1.807) is 19.2 Å². The number of ether oxygens (including phenoxy) is 1. The summed E-state index contributed by atoms with van der Waals surface area (Å²) >= 11 is 0. The molecular weight excluding hydrogens is 242 g/mol. The summed E-state index contributed by atoms with van der Waals surface area (Å²) < 4.78 is 5.03. The summed E-state index contributed by atoms with van der Waals surface area (Å²) in [6, 6.07) is 3.41. The zero-order valence-electron chi connectivity index (χ0n) is 11.9. The largest absolute Gasteiger partial charge is 0.384 e. The van der Waals surface area contributed by atoms with Gasteiger partial charge in [-0.2, -0.15) is 0 Å². The van der Waals surface area contributed by atoms with Crippen LogP contribution in [0.3, 0.4) is 0 Å². The van der Waals surface area contributed by atoms with E-state index in [9.17, 15) is 4.79 Å². The lowest BCUT2D eigenvalue weighted by Crippen LogP contribution is -2.30. The molecule has 0 radical (unpaired) electrons. The van der Waals surface area contributed by atoms with E-state index in [4.69, 9.17) is 10.5 Å². The first kappa shape index (κ1) is 15.4. The van der Waals surface area contributed by atoms with E-state index in [1.807, 2.05) is 6.92 Å². The van der Waals surface area contributed by atoms with Gasteiger partial charge in [0.1, 0.15) is 5.82 Å². The number of aromatic nitrogens is 1. The lowest BCUT2D eigenvalue weighted by atomic mass is 10.1. The van der Waals surface area contributed by atoms with Gasteiger partial charge in [0.05, 0.1) is 6.61 Å². The Balaban J connectivity index is 2.65. The van der Waals surface area contributed by atoms with Crippen molar-refractivity contribution in [2.75, 3.05) is 26.0 Å². The predicted molar refractivity (Wildman–Crippen MR) is 76.0 cm³/mol. The van der Waals surface area contributed by atoms with Gasteiger partial charge in [-0.05, 0) is 24.5 Å². The number of rotatable bonds is 7. The molecule has 0 saturated carbocycles. The summed E-state index contributed by atoms with van der Waals surface area (Å²) in [5.41, 5.74) is 7.15. The highest BCUT2D eigenvalue weighted by atomic mass is 16.5. The minimum atomic E-state index is -0.116. The maximum atomic E-state index is 12.0. The third-order valence-electron chi connectivity index (χ3n) is 2.73. The molecule has 0 aromatic carbocycles. The number of nitrogens with zero attached hydrogens (tertiary/aromatic N) is 1. The Hall–Kier alpha value is -1.62. The highest BCUT2D eigenvalue weighted by Gasteiger charge is 2.10. The smallest absolute Gasteiger partial charge is 0.251 e. The molecule has 1 aromatic rings. The summed E-state index contributed by atoms with van der Waals surface area (Å²) in [6.07, 6.45) is 1.80. The lowest BCUT2D eigenvalue weighted by Gasteiger charge is -2.12. The van der Waals surface area contributed by atoms with Crippen LogP contribution in [0.15, 0.2) is 12.1 Å². The number of nitrogens with two attached hydrogens (primary N) is 1. The van der Waals surface area contributed by atoms with E-state index in [0.717, 1.165) is 18.5 Å². The SMILES string of the molecule is CCCc1cc(C(=O)NCC(C)COC)cc(N)n1. The van der Waals surface area contributed by atoms with Gasteiger partial charge in [-0.1, -0.05) is 20.3 Å². The summed E-state index contributed by atoms with van der Waals surface area (Å²) in [4.78, 5) is 16.2. The molecule has 0 aliphatic carbocycles. The van der Waals surface area contributed by atoms with Crippen LogP contribution in [0.5, 0.6) is 0 Å². The molecular formula is C14H23N3O2. The minimum Gasteiger partial charge on any atom is -0.384 e. The molecule has 1 heterocycles. The third-order valence-corrected chi connectivity index (χ3v) is 2.73. The van der Waals surface area contributed by atoms with Gasteiger partial charge < -0.3 is 15.8 Å². The molecule has 0 saturated heterocycles. The van der Waals surface area contributed by atoms with E-state index in [1.165, 1.54) is 0 Å². The molecule has 1 rings (SSSR count). The van der Waals surface area contributed by atoms with Crippen LogP contribution in [0.2, 0.25) is 0 Å². The molecule has 3 N–H and O–H groups in total. The molecule has 19 heavy (non-hydrogen) atoms. The predicted octanol–water partition coefficient (Wildman–Crippen LogP) is 1.63. The van der Waals surface area contributed by atoms with Crippen molar-refractivity contribution in [2.45, 2.75) is 26.7 Å². The fourth-order valence-electron chi connectivity index (χ4n) is 1.84. The van der Waals surface area contributed by atoms with Crippen LogP contribution in [0, 0.1) is 5.92 Å². The van der Waals surface area contributed by atoms with Gasteiger partial charge in [0.15, 0.2) is 0 Å². The molecule has 5 heteroatoms.